The van der Waals surface area contributed by atoms with Crippen molar-refractivity contribution in [3.05, 3.63) is 192 Å². The summed E-state index contributed by atoms with van der Waals surface area (Å²) in [5, 5.41) is 6.23. The molecular formula is C45H33N. The number of para-hydroxylation sites is 1. The summed E-state index contributed by atoms with van der Waals surface area (Å²) in [6, 6.07) is 59.0. The highest BCUT2D eigenvalue weighted by Crippen LogP contribution is 2.31. The number of fused-ring (bicyclic) bond motifs is 3. The number of aromatic nitrogens is 1. The molecule has 0 aliphatic heterocycles. The summed E-state index contributed by atoms with van der Waals surface area (Å²) in [6.07, 6.45) is 6.71. The largest absolute Gasteiger partial charge is 0.344 e. The molecular weight excluding hydrogens is 555 g/mol. The van der Waals surface area contributed by atoms with Crippen LogP contribution in [0.5, 0.6) is 0 Å². The van der Waals surface area contributed by atoms with Crippen molar-refractivity contribution in [2.75, 3.05) is 0 Å². The van der Waals surface area contributed by atoms with E-state index in [1.165, 1.54) is 77.1 Å². The second-order valence-corrected chi connectivity index (χ2v) is 12.0. The lowest BCUT2D eigenvalue weighted by molar-refractivity contribution is 0.979. The number of hydrogen-bond donors (Lipinski definition) is 0. The van der Waals surface area contributed by atoms with Crippen molar-refractivity contribution in [2.24, 2.45) is 7.05 Å². The van der Waals surface area contributed by atoms with Gasteiger partial charge in [0.1, 0.15) is 0 Å². The first-order valence-electron chi connectivity index (χ1n) is 15.8. The minimum Gasteiger partial charge on any atom is -0.344 e. The fourth-order valence-electron chi connectivity index (χ4n) is 6.50. The van der Waals surface area contributed by atoms with Crippen LogP contribution in [0.3, 0.4) is 0 Å². The average Bonchev–Trinajstić information content (AvgIpc) is 3.46. The van der Waals surface area contributed by atoms with E-state index >= 15 is 0 Å². The molecule has 8 rings (SSSR count). The Morgan fingerprint density at radius 2 is 0.935 bits per heavy atom. The van der Waals surface area contributed by atoms with E-state index in [-0.39, 0.29) is 0 Å². The zero-order valence-corrected chi connectivity index (χ0v) is 25.8. The first-order chi connectivity index (χ1) is 22.7. The molecule has 0 amide bonds. The molecule has 0 aliphatic carbocycles. The Hall–Kier alpha value is -5.92. The van der Waals surface area contributed by atoms with Gasteiger partial charge < -0.3 is 4.57 Å². The van der Waals surface area contributed by atoms with Crippen molar-refractivity contribution in [3.63, 3.8) is 0 Å². The lowest BCUT2D eigenvalue weighted by atomic mass is 9.95. The fraction of sp³-hybridized carbons (Fsp3) is 0.0222. The fourth-order valence-corrected chi connectivity index (χ4v) is 6.50. The molecule has 0 fully saturated rings. The van der Waals surface area contributed by atoms with Crippen LogP contribution in [-0.2, 0) is 7.05 Å². The third-order valence-electron chi connectivity index (χ3n) is 8.95. The SMILES string of the molecule is Cn1c(-c2ccc3cc(C=Cc4ccc5cc(C=C(c6ccccc6)c6ccccc6)ccc5c4)ccc3c2)cc2ccccc21. The van der Waals surface area contributed by atoms with Gasteiger partial charge in [-0.15, -0.1) is 0 Å². The van der Waals surface area contributed by atoms with Crippen molar-refractivity contribution in [1.29, 1.82) is 0 Å². The monoisotopic (exact) mass is 587 g/mol. The second-order valence-electron chi connectivity index (χ2n) is 12.0. The van der Waals surface area contributed by atoms with Crippen molar-refractivity contribution >= 4 is 56.2 Å². The van der Waals surface area contributed by atoms with Crippen LogP contribution in [0.25, 0.3) is 67.5 Å². The van der Waals surface area contributed by atoms with Gasteiger partial charge in [-0.25, -0.2) is 0 Å². The molecule has 0 spiro atoms. The van der Waals surface area contributed by atoms with Crippen molar-refractivity contribution in [3.8, 4) is 11.3 Å². The number of nitrogens with zero attached hydrogens (tertiary/aromatic N) is 1. The molecule has 0 bridgehead atoms. The molecule has 0 saturated carbocycles. The molecule has 1 heteroatoms. The Morgan fingerprint density at radius 3 is 1.54 bits per heavy atom. The van der Waals surface area contributed by atoms with E-state index in [2.05, 4.69) is 194 Å². The van der Waals surface area contributed by atoms with E-state index < -0.39 is 0 Å². The lowest BCUT2D eigenvalue weighted by Crippen LogP contribution is -1.91. The van der Waals surface area contributed by atoms with Gasteiger partial charge in [-0.05, 0) is 103 Å². The van der Waals surface area contributed by atoms with Gasteiger partial charge in [0.25, 0.3) is 0 Å². The summed E-state index contributed by atoms with van der Waals surface area (Å²) in [4.78, 5) is 0. The Bertz CT molecular complexity index is 2360. The topological polar surface area (TPSA) is 4.93 Å². The molecule has 0 saturated heterocycles. The molecule has 1 nitrogen and oxygen atoms in total. The highest BCUT2D eigenvalue weighted by molar-refractivity contribution is 5.95. The van der Waals surface area contributed by atoms with E-state index in [4.69, 9.17) is 0 Å². The van der Waals surface area contributed by atoms with Crippen molar-refractivity contribution < 1.29 is 0 Å². The molecule has 0 unspecified atom stereocenters. The van der Waals surface area contributed by atoms with Crippen LogP contribution < -0.4 is 0 Å². The van der Waals surface area contributed by atoms with E-state index in [0.29, 0.717) is 0 Å². The molecule has 218 valence electrons. The summed E-state index contributed by atoms with van der Waals surface area (Å²) in [5.41, 5.74) is 11.0. The van der Waals surface area contributed by atoms with E-state index in [1.807, 2.05) is 0 Å². The first kappa shape index (κ1) is 27.6. The molecule has 1 aromatic heterocycles. The second kappa shape index (κ2) is 11.9. The highest BCUT2D eigenvalue weighted by atomic mass is 14.9. The number of aryl methyl sites for hydroxylation is 1. The number of hydrogen-bond acceptors (Lipinski definition) is 0. The third kappa shape index (κ3) is 5.44. The van der Waals surface area contributed by atoms with Crippen LogP contribution in [0.1, 0.15) is 27.8 Å². The number of benzene rings is 7. The quantitative estimate of drug-likeness (QED) is 0.171. The zero-order valence-electron chi connectivity index (χ0n) is 25.8. The van der Waals surface area contributed by atoms with E-state index in [0.717, 1.165) is 0 Å². The van der Waals surface area contributed by atoms with Gasteiger partial charge in [0.15, 0.2) is 0 Å². The van der Waals surface area contributed by atoms with E-state index in [9.17, 15) is 0 Å². The molecule has 7 aromatic carbocycles. The maximum absolute atomic E-state index is 2.30. The normalized spacial score (nSPS) is 11.5. The Balaban J connectivity index is 1.05. The van der Waals surface area contributed by atoms with Gasteiger partial charge in [0.05, 0.1) is 0 Å². The molecule has 0 N–H and O–H groups in total. The van der Waals surface area contributed by atoms with Crippen LogP contribution in [-0.4, -0.2) is 4.57 Å². The van der Waals surface area contributed by atoms with Gasteiger partial charge in [0.2, 0.25) is 0 Å². The predicted octanol–water partition coefficient (Wildman–Crippen LogP) is 11.9. The van der Waals surface area contributed by atoms with Gasteiger partial charge in [-0.3, -0.25) is 0 Å². The predicted molar refractivity (Wildman–Crippen MR) is 199 cm³/mol. The summed E-state index contributed by atoms with van der Waals surface area (Å²) < 4.78 is 2.28. The summed E-state index contributed by atoms with van der Waals surface area (Å²) in [5.74, 6) is 0. The summed E-state index contributed by atoms with van der Waals surface area (Å²) in [7, 11) is 2.15. The number of rotatable bonds is 6. The van der Waals surface area contributed by atoms with E-state index in [1.54, 1.807) is 0 Å². The standard InChI is InChI=1S/C45H33N/c1-46-44-15-9-8-14-41(44)31-45(46)42-25-24-39-27-33(19-22-40(39)30-42)17-16-32-18-21-38-28-34(20-23-37(38)26-32)29-43(35-10-4-2-5-11-35)36-12-6-3-7-13-36/h2-31H,1H3. The smallest absolute Gasteiger partial charge is 0.0488 e. The van der Waals surface area contributed by atoms with Crippen LogP contribution in [0.4, 0.5) is 0 Å². The Labute approximate surface area is 270 Å². The van der Waals surface area contributed by atoms with Crippen LogP contribution >= 0.6 is 0 Å². The van der Waals surface area contributed by atoms with Gasteiger partial charge in [0, 0.05) is 23.6 Å². The molecule has 46 heavy (non-hydrogen) atoms. The van der Waals surface area contributed by atoms with Gasteiger partial charge in [-0.2, -0.15) is 0 Å². The highest BCUT2D eigenvalue weighted by Gasteiger charge is 2.09. The maximum atomic E-state index is 2.30. The average molecular weight is 588 g/mol. The molecule has 0 atom stereocenters. The van der Waals surface area contributed by atoms with Crippen molar-refractivity contribution in [1.82, 2.24) is 4.57 Å². The van der Waals surface area contributed by atoms with Crippen LogP contribution in [0.15, 0.2) is 164 Å². The van der Waals surface area contributed by atoms with Crippen LogP contribution in [0.2, 0.25) is 0 Å². The first-order valence-corrected chi connectivity index (χ1v) is 15.8. The minimum absolute atomic E-state index is 1.19. The molecule has 0 radical (unpaired) electrons. The summed E-state index contributed by atoms with van der Waals surface area (Å²) in [6.45, 7) is 0. The Morgan fingerprint density at radius 1 is 0.435 bits per heavy atom. The minimum atomic E-state index is 1.19. The third-order valence-corrected chi connectivity index (χ3v) is 8.95. The molecule has 0 aliphatic rings. The van der Waals surface area contributed by atoms with Crippen molar-refractivity contribution in [2.45, 2.75) is 0 Å². The lowest BCUT2D eigenvalue weighted by Gasteiger charge is -2.10. The van der Waals surface area contributed by atoms with Crippen LogP contribution in [0, 0.1) is 0 Å². The zero-order chi connectivity index (χ0) is 30.9. The maximum Gasteiger partial charge on any atom is 0.0488 e. The molecule has 8 aromatic rings. The summed E-state index contributed by atoms with van der Waals surface area (Å²) >= 11 is 0. The van der Waals surface area contributed by atoms with Gasteiger partial charge in [-0.1, -0.05) is 140 Å². The molecule has 1 heterocycles. The van der Waals surface area contributed by atoms with Gasteiger partial charge >= 0.3 is 0 Å². The Kier molecular flexibility index (Phi) is 7.13.